The Morgan fingerprint density at radius 3 is 2.76 bits per heavy atom. The van der Waals surface area contributed by atoms with Crippen LogP contribution in [0.25, 0.3) is 0 Å². The fourth-order valence-corrected chi connectivity index (χ4v) is 2.24. The molecule has 0 aliphatic carbocycles. The third kappa shape index (κ3) is 2.21. The van der Waals surface area contributed by atoms with Crippen LogP contribution >= 0.6 is 0 Å². The van der Waals surface area contributed by atoms with Gasteiger partial charge in [0.1, 0.15) is 0 Å². The van der Waals surface area contributed by atoms with Crippen molar-refractivity contribution in [1.29, 1.82) is 0 Å². The summed E-state index contributed by atoms with van der Waals surface area (Å²) in [6.45, 7) is 4.13. The summed E-state index contributed by atoms with van der Waals surface area (Å²) in [6, 6.07) is 5.38. The normalized spacial score (nSPS) is 16.1. The van der Waals surface area contributed by atoms with E-state index in [1.54, 1.807) is 12.1 Å². The van der Waals surface area contributed by atoms with Gasteiger partial charge in [-0.15, -0.1) is 0 Å². The van der Waals surface area contributed by atoms with Crippen molar-refractivity contribution >= 4 is 18.6 Å². The minimum Gasteiger partial charge on any atom is -0.481 e. The van der Waals surface area contributed by atoms with Crippen molar-refractivity contribution in [3.8, 4) is 0 Å². The average Bonchev–Trinajstić information content (AvgIpc) is 2.59. The summed E-state index contributed by atoms with van der Waals surface area (Å²) < 4.78 is 5.09. The molecule has 1 atom stereocenters. The molecule has 1 aromatic rings. The van der Waals surface area contributed by atoms with Crippen molar-refractivity contribution in [3.05, 3.63) is 29.3 Å². The summed E-state index contributed by atoms with van der Waals surface area (Å²) >= 11 is 0. The average molecular weight is 234 g/mol. The Balaban J connectivity index is 2.39. The highest BCUT2D eigenvalue weighted by Gasteiger charge is 2.30. The van der Waals surface area contributed by atoms with Crippen LogP contribution in [0.2, 0.25) is 0 Å². The van der Waals surface area contributed by atoms with Crippen LogP contribution in [-0.4, -0.2) is 23.2 Å². The molecule has 0 amide bonds. The third-order valence-electron chi connectivity index (χ3n) is 3.12. The monoisotopic (exact) mass is 234 g/mol. The Labute approximate surface area is 100 Å². The minimum atomic E-state index is -0.924. The van der Waals surface area contributed by atoms with E-state index in [-0.39, 0.29) is 5.92 Å². The molecule has 90 valence electrons. The van der Waals surface area contributed by atoms with Gasteiger partial charge in [-0.25, -0.2) is 0 Å². The third-order valence-corrected chi connectivity index (χ3v) is 3.12. The molecule has 0 spiro atoms. The summed E-state index contributed by atoms with van der Waals surface area (Å²) in [6.07, 6.45) is 0. The van der Waals surface area contributed by atoms with E-state index >= 15 is 0 Å². The van der Waals surface area contributed by atoms with Crippen molar-refractivity contribution in [1.82, 2.24) is 0 Å². The minimum absolute atomic E-state index is 0.00464. The molecule has 1 unspecified atom stereocenters. The molecular weight excluding hydrogens is 219 g/mol. The van der Waals surface area contributed by atoms with Crippen LogP contribution in [0.1, 0.15) is 30.9 Å². The summed E-state index contributed by atoms with van der Waals surface area (Å²) in [5.74, 6) is -1.38. The summed E-state index contributed by atoms with van der Waals surface area (Å²) in [4.78, 5) is 11.2. The smallest absolute Gasteiger partial charge is 0.481 e. The topological polar surface area (TPSA) is 66.8 Å². The first kappa shape index (κ1) is 12.1. The van der Waals surface area contributed by atoms with Crippen molar-refractivity contribution in [2.24, 2.45) is 5.92 Å². The summed E-state index contributed by atoms with van der Waals surface area (Å²) in [7, 11) is -0.924. The second-order valence-electron chi connectivity index (χ2n) is 4.68. The standard InChI is InChI=1S/C12H15BO4/c1-7(2)11(12(14)15)8-3-4-9-6-17-13(16)10(9)5-8/h3-5,7,11,16H,6H2,1-2H3,(H,14,15). The van der Waals surface area contributed by atoms with E-state index in [9.17, 15) is 14.9 Å². The van der Waals surface area contributed by atoms with Crippen LogP contribution in [0.3, 0.4) is 0 Å². The molecule has 2 N–H and O–H groups in total. The summed E-state index contributed by atoms with van der Waals surface area (Å²) in [5.41, 5.74) is 2.33. The van der Waals surface area contributed by atoms with Gasteiger partial charge in [-0.1, -0.05) is 32.0 Å². The van der Waals surface area contributed by atoms with E-state index in [4.69, 9.17) is 4.65 Å². The van der Waals surface area contributed by atoms with E-state index in [1.165, 1.54) is 0 Å². The van der Waals surface area contributed by atoms with Gasteiger partial charge < -0.3 is 14.8 Å². The largest absolute Gasteiger partial charge is 0.491 e. The molecule has 0 radical (unpaired) electrons. The molecule has 0 saturated heterocycles. The quantitative estimate of drug-likeness (QED) is 0.756. The molecular formula is C12H15BO4. The molecule has 5 heteroatoms. The second-order valence-corrected chi connectivity index (χ2v) is 4.68. The van der Waals surface area contributed by atoms with Crippen LogP contribution in [0.15, 0.2) is 18.2 Å². The Morgan fingerprint density at radius 2 is 2.18 bits per heavy atom. The van der Waals surface area contributed by atoms with E-state index in [1.807, 2.05) is 19.9 Å². The van der Waals surface area contributed by atoms with Gasteiger partial charge in [0.05, 0.1) is 12.5 Å². The molecule has 0 saturated carbocycles. The van der Waals surface area contributed by atoms with E-state index < -0.39 is 19.0 Å². The zero-order valence-electron chi connectivity index (χ0n) is 9.88. The highest BCUT2D eigenvalue weighted by atomic mass is 16.5. The maximum absolute atomic E-state index is 11.2. The van der Waals surface area contributed by atoms with Crippen LogP contribution < -0.4 is 5.46 Å². The van der Waals surface area contributed by atoms with Gasteiger partial charge in [0.15, 0.2) is 0 Å². The van der Waals surface area contributed by atoms with Crippen LogP contribution in [0.5, 0.6) is 0 Å². The number of carbonyl (C=O) groups is 1. The van der Waals surface area contributed by atoms with Gasteiger partial charge in [-0.2, -0.15) is 0 Å². The van der Waals surface area contributed by atoms with E-state index in [2.05, 4.69) is 0 Å². The van der Waals surface area contributed by atoms with E-state index in [0.717, 1.165) is 11.1 Å². The number of carboxylic acids is 1. The van der Waals surface area contributed by atoms with Crippen LogP contribution in [0, 0.1) is 5.92 Å². The first-order valence-electron chi connectivity index (χ1n) is 5.66. The maximum atomic E-state index is 11.2. The molecule has 0 fully saturated rings. The lowest BCUT2D eigenvalue weighted by molar-refractivity contribution is -0.139. The first-order valence-corrected chi connectivity index (χ1v) is 5.66. The predicted octanol–water partition coefficient (Wildman–Crippen LogP) is 0.728. The molecule has 1 heterocycles. The number of fused-ring (bicyclic) bond motifs is 1. The van der Waals surface area contributed by atoms with Crippen molar-refractivity contribution < 1.29 is 19.6 Å². The lowest BCUT2D eigenvalue weighted by atomic mass is 9.76. The van der Waals surface area contributed by atoms with Gasteiger partial charge in [-0.3, -0.25) is 4.79 Å². The molecule has 1 aromatic carbocycles. The molecule has 0 aromatic heterocycles. The molecule has 1 aliphatic heterocycles. The Bertz CT molecular complexity index is 444. The van der Waals surface area contributed by atoms with Crippen LogP contribution in [-0.2, 0) is 16.1 Å². The highest BCUT2D eigenvalue weighted by Crippen LogP contribution is 2.25. The lowest BCUT2D eigenvalue weighted by Crippen LogP contribution is -2.29. The number of hydrogen-bond donors (Lipinski definition) is 2. The number of rotatable bonds is 3. The van der Waals surface area contributed by atoms with Crippen molar-refractivity contribution in [2.75, 3.05) is 0 Å². The zero-order chi connectivity index (χ0) is 12.6. The molecule has 1 aliphatic rings. The number of aliphatic carboxylic acids is 1. The fourth-order valence-electron chi connectivity index (χ4n) is 2.24. The van der Waals surface area contributed by atoms with Crippen molar-refractivity contribution in [2.45, 2.75) is 26.4 Å². The predicted molar refractivity (Wildman–Crippen MR) is 64.1 cm³/mol. The van der Waals surface area contributed by atoms with Gasteiger partial charge in [0.25, 0.3) is 0 Å². The van der Waals surface area contributed by atoms with E-state index in [0.29, 0.717) is 12.1 Å². The van der Waals surface area contributed by atoms with Gasteiger partial charge in [0.2, 0.25) is 0 Å². The van der Waals surface area contributed by atoms with Crippen molar-refractivity contribution in [3.63, 3.8) is 0 Å². The Morgan fingerprint density at radius 1 is 1.47 bits per heavy atom. The highest BCUT2D eigenvalue weighted by molar-refractivity contribution is 6.61. The molecule has 0 bridgehead atoms. The van der Waals surface area contributed by atoms with Gasteiger partial charge >= 0.3 is 13.1 Å². The second kappa shape index (κ2) is 4.51. The number of benzene rings is 1. The summed E-state index contributed by atoms with van der Waals surface area (Å²) in [5, 5.41) is 18.8. The Hall–Kier alpha value is -1.33. The maximum Gasteiger partial charge on any atom is 0.491 e. The molecule has 2 rings (SSSR count). The fraction of sp³-hybridized carbons (Fsp3) is 0.417. The SMILES string of the molecule is CC(C)C(C(=O)O)c1ccc2c(c1)B(O)OC2. The molecule has 4 nitrogen and oxygen atoms in total. The zero-order valence-corrected chi connectivity index (χ0v) is 9.88. The Kier molecular flexibility index (Phi) is 3.22. The number of carboxylic acid groups (broad SMARTS) is 1. The van der Waals surface area contributed by atoms with Crippen LogP contribution in [0.4, 0.5) is 0 Å². The molecule has 17 heavy (non-hydrogen) atoms. The van der Waals surface area contributed by atoms with Gasteiger partial charge in [0, 0.05) is 0 Å². The first-order chi connectivity index (χ1) is 8.00. The van der Waals surface area contributed by atoms with Gasteiger partial charge in [-0.05, 0) is 22.5 Å². The number of hydrogen-bond acceptors (Lipinski definition) is 3. The lowest BCUT2D eigenvalue weighted by Gasteiger charge is -2.17.